The third-order valence-corrected chi connectivity index (χ3v) is 5.35. The number of nitrogens with one attached hydrogen (secondary N) is 1. The third kappa shape index (κ3) is 2.44. The summed E-state index contributed by atoms with van der Waals surface area (Å²) in [6.07, 6.45) is 8.23. The summed E-state index contributed by atoms with van der Waals surface area (Å²) in [6, 6.07) is 1.80. The quantitative estimate of drug-likeness (QED) is 0.760. The van der Waals surface area contributed by atoms with Crippen LogP contribution in [-0.4, -0.2) is 19.7 Å². The van der Waals surface area contributed by atoms with Crippen LogP contribution in [0.4, 0.5) is 0 Å². The third-order valence-electron chi connectivity index (χ3n) is 3.82. The summed E-state index contributed by atoms with van der Waals surface area (Å²) in [7, 11) is 1.93. The lowest BCUT2D eigenvalue weighted by Crippen LogP contribution is -2.08. The first-order valence-corrected chi connectivity index (χ1v) is 8.62. The van der Waals surface area contributed by atoms with Crippen LogP contribution in [0.2, 0.25) is 0 Å². The van der Waals surface area contributed by atoms with Gasteiger partial charge in [-0.05, 0) is 52.9 Å². The van der Waals surface area contributed by atoms with Crippen LogP contribution in [0.3, 0.4) is 0 Å². The zero-order chi connectivity index (χ0) is 15.3. The molecule has 1 fully saturated rings. The molecule has 1 aliphatic rings. The van der Waals surface area contributed by atoms with Crippen LogP contribution in [0, 0.1) is 0 Å². The lowest BCUT2D eigenvalue weighted by Gasteiger charge is -1.99. The molecule has 112 valence electrons. The summed E-state index contributed by atoms with van der Waals surface area (Å²) < 4.78 is 2.77. The summed E-state index contributed by atoms with van der Waals surface area (Å²) in [6.45, 7) is 0. The van der Waals surface area contributed by atoms with Gasteiger partial charge in [-0.2, -0.15) is 5.10 Å². The maximum absolute atomic E-state index is 12.1. The second kappa shape index (κ2) is 5.17. The van der Waals surface area contributed by atoms with Crippen LogP contribution >= 0.6 is 27.3 Å². The monoisotopic (exact) mass is 376 g/mol. The molecule has 0 amide bonds. The number of hydrogen-bond donors (Lipinski definition) is 1. The van der Waals surface area contributed by atoms with Gasteiger partial charge in [-0.1, -0.05) is 0 Å². The number of rotatable bonds is 3. The first-order valence-electron chi connectivity index (χ1n) is 7.01. The van der Waals surface area contributed by atoms with Crippen molar-refractivity contribution in [1.82, 2.24) is 19.7 Å². The molecular weight excluding hydrogens is 364 g/mol. The van der Waals surface area contributed by atoms with Crippen molar-refractivity contribution in [3.05, 3.63) is 43.5 Å². The van der Waals surface area contributed by atoms with E-state index in [1.54, 1.807) is 6.07 Å². The molecule has 3 aromatic heterocycles. The minimum absolute atomic E-state index is 0.112. The molecule has 7 heteroatoms. The summed E-state index contributed by atoms with van der Waals surface area (Å²) in [5.74, 6) is 1.20. The van der Waals surface area contributed by atoms with Crippen molar-refractivity contribution in [2.75, 3.05) is 0 Å². The second-order valence-corrected chi connectivity index (χ2v) is 7.85. The Balaban J connectivity index is 1.74. The number of H-pyrrole nitrogens is 1. The number of aromatic nitrogens is 4. The topological polar surface area (TPSA) is 63.6 Å². The van der Waals surface area contributed by atoms with E-state index >= 15 is 0 Å². The molecule has 1 aliphatic carbocycles. The lowest BCUT2D eigenvalue weighted by atomic mass is 10.1. The minimum atomic E-state index is -0.112. The van der Waals surface area contributed by atoms with Crippen molar-refractivity contribution >= 4 is 49.6 Å². The summed E-state index contributed by atoms with van der Waals surface area (Å²) >= 11 is 4.85. The average molecular weight is 377 g/mol. The first kappa shape index (κ1) is 13.9. The molecule has 5 nitrogen and oxygen atoms in total. The maximum atomic E-state index is 12.1. The number of thiophene rings is 1. The molecule has 0 radical (unpaired) electrons. The van der Waals surface area contributed by atoms with Gasteiger partial charge in [-0.25, -0.2) is 4.98 Å². The van der Waals surface area contributed by atoms with Gasteiger partial charge in [0.05, 0.1) is 21.1 Å². The Morgan fingerprint density at radius 3 is 3.05 bits per heavy atom. The van der Waals surface area contributed by atoms with Gasteiger partial charge in [0.2, 0.25) is 0 Å². The molecular formula is C15H13BrN4OS. The van der Waals surface area contributed by atoms with Gasteiger partial charge in [0, 0.05) is 12.6 Å². The highest BCUT2D eigenvalue weighted by Gasteiger charge is 2.27. The highest BCUT2D eigenvalue weighted by molar-refractivity contribution is 9.11. The Labute approximate surface area is 138 Å². The van der Waals surface area contributed by atoms with E-state index in [4.69, 9.17) is 0 Å². The highest BCUT2D eigenvalue weighted by atomic mass is 79.9. The molecule has 0 atom stereocenters. The molecule has 0 spiro atoms. The zero-order valence-corrected chi connectivity index (χ0v) is 14.2. The fourth-order valence-electron chi connectivity index (χ4n) is 2.53. The number of aryl methyl sites for hydroxylation is 1. The molecule has 0 bridgehead atoms. The highest BCUT2D eigenvalue weighted by Crippen LogP contribution is 2.41. The number of halogens is 1. The average Bonchev–Trinajstić information content (AvgIpc) is 3.15. The summed E-state index contributed by atoms with van der Waals surface area (Å²) in [5, 5.41) is 4.95. The molecule has 22 heavy (non-hydrogen) atoms. The zero-order valence-electron chi connectivity index (χ0n) is 11.8. The van der Waals surface area contributed by atoms with Crippen LogP contribution in [0.5, 0.6) is 0 Å². The Morgan fingerprint density at radius 2 is 2.27 bits per heavy atom. The van der Waals surface area contributed by atoms with Crippen molar-refractivity contribution in [3.8, 4) is 0 Å². The van der Waals surface area contributed by atoms with Crippen molar-refractivity contribution in [1.29, 1.82) is 0 Å². The van der Waals surface area contributed by atoms with Crippen molar-refractivity contribution < 1.29 is 0 Å². The van der Waals surface area contributed by atoms with Gasteiger partial charge in [0.25, 0.3) is 5.56 Å². The second-order valence-electron chi connectivity index (χ2n) is 5.44. The normalized spacial score (nSPS) is 15.2. The minimum Gasteiger partial charge on any atom is -0.306 e. The van der Waals surface area contributed by atoms with Crippen LogP contribution in [0.25, 0.3) is 22.4 Å². The molecule has 3 aromatic rings. The molecule has 0 unspecified atom stereocenters. The van der Waals surface area contributed by atoms with E-state index in [9.17, 15) is 4.79 Å². The summed E-state index contributed by atoms with van der Waals surface area (Å²) in [4.78, 5) is 20.1. The predicted octanol–water partition coefficient (Wildman–Crippen LogP) is 3.53. The Bertz CT molecular complexity index is 948. The van der Waals surface area contributed by atoms with Crippen LogP contribution in [0.15, 0.2) is 20.8 Å². The van der Waals surface area contributed by atoms with E-state index in [-0.39, 0.29) is 5.56 Å². The lowest BCUT2D eigenvalue weighted by molar-refractivity contribution is 0.758. The van der Waals surface area contributed by atoms with E-state index in [1.165, 1.54) is 29.7 Å². The number of hydrogen-bond acceptors (Lipinski definition) is 4. The van der Waals surface area contributed by atoms with Gasteiger partial charge in [0.15, 0.2) is 0 Å². The van der Waals surface area contributed by atoms with Crippen LogP contribution in [-0.2, 0) is 7.05 Å². The Morgan fingerprint density at radius 1 is 1.45 bits per heavy atom. The van der Waals surface area contributed by atoms with Crippen LogP contribution in [0.1, 0.15) is 35.8 Å². The molecule has 1 saturated carbocycles. The predicted molar refractivity (Wildman–Crippen MR) is 92.1 cm³/mol. The standard InChI is InChI=1S/C15H13BrN4OS/c1-20-11(10(7-17-20)8-2-3-8)4-5-13-18-14(21)9-6-12(16)22-15(9)19-13/h4-8H,2-3H2,1H3,(H,18,19,21). The number of nitrogens with zero attached hydrogens (tertiary/aromatic N) is 3. The SMILES string of the molecule is Cn1ncc(C2CC2)c1C=Cc1nc2sc(Br)cc2c(=O)[nH]1. The van der Waals surface area contributed by atoms with Crippen molar-refractivity contribution in [2.24, 2.45) is 7.05 Å². The molecule has 0 aromatic carbocycles. The first-order chi connectivity index (χ1) is 10.6. The van der Waals surface area contributed by atoms with Crippen molar-refractivity contribution in [3.63, 3.8) is 0 Å². The fourth-order valence-corrected chi connectivity index (χ4v) is 3.99. The number of aromatic amines is 1. The molecule has 4 rings (SSSR count). The van der Waals surface area contributed by atoms with Gasteiger partial charge in [-0.3, -0.25) is 9.48 Å². The van der Waals surface area contributed by atoms with E-state index in [2.05, 4.69) is 31.0 Å². The molecule has 3 heterocycles. The van der Waals surface area contributed by atoms with E-state index in [0.717, 1.165) is 14.3 Å². The number of fused-ring (bicyclic) bond motifs is 1. The van der Waals surface area contributed by atoms with Gasteiger partial charge in [0.1, 0.15) is 10.7 Å². The largest absolute Gasteiger partial charge is 0.306 e. The molecule has 1 N–H and O–H groups in total. The smallest absolute Gasteiger partial charge is 0.259 e. The Kier molecular flexibility index (Phi) is 3.27. The summed E-state index contributed by atoms with van der Waals surface area (Å²) in [5.41, 5.74) is 2.25. The van der Waals surface area contributed by atoms with Crippen molar-refractivity contribution in [2.45, 2.75) is 18.8 Å². The van der Waals surface area contributed by atoms with E-state index in [1.807, 2.05) is 30.1 Å². The van der Waals surface area contributed by atoms with E-state index in [0.29, 0.717) is 17.1 Å². The molecule has 0 saturated heterocycles. The molecule has 0 aliphatic heterocycles. The fraction of sp³-hybridized carbons (Fsp3) is 0.267. The maximum Gasteiger partial charge on any atom is 0.259 e. The van der Waals surface area contributed by atoms with Crippen LogP contribution < -0.4 is 5.56 Å². The van der Waals surface area contributed by atoms with Gasteiger partial charge >= 0.3 is 0 Å². The van der Waals surface area contributed by atoms with E-state index < -0.39 is 0 Å². The van der Waals surface area contributed by atoms with Gasteiger partial charge < -0.3 is 4.98 Å². The Hall–Kier alpha value is -1.73. The van der Waals surface area contributed by atoms with Gasteiger partial charge in [-0.15, -0.1) is 11.3 Å².